The van der Waals surface area contributed by atoms with E-state index in [-0.39, 0.29) is 6.61 Å². The van der Waals surface area contributed by atoms with Gasteiger partial charge in [-0.05, 0) is 19.3 Å². The number of rotatable bonds is 4. The van der Waals surface area contributed by atoms with E-state index in [1.807, 2.05) is 0 Å². The number of hydrogen-bond donors (Lipinski definition) is 1. The molecular weight excluding hydrogens is 226 g/mol. The summed E-state index contributed by atoms with van der Waals surface area (Å²) in [6.45, 7) is 3.08. The summed E-state index contributed by atoms with van der Waals surface area (Å²) in [5, 5.41) is 17.8. The minimum atomic E-state index is -0.000278. The van der Waals surface area contributed by atoms with Gasteiger partial charge in [-0.1, -0.05) is 39.0 Å². The Morgan fingerprint density at radius 2 is 1.78 bits per heavy atom. The second-order valence-electron chi connectivity index (χ2n) is 5.33. The van der Waals surface area contributed by atoms with Gasteiger partial charge in [-0.2, -0.15) is 0 Å². The molecule has 0 aliphatic heterocycles. The molecule has 1 saturated carbocycles. The molecule has 0 atom stereocenters. The first-order chi connectivity index (χ1) is 8.86. The highest BCUT2D eigenvalue weighted by atomic mass is 16.3. The molecule has 18 heavy (non-hydrogen) atoms. The van der Waals surface area contributed by atoms with Crippen LogP contribution >= 0.6 is 0 Å². The van der Waals surface area contributed by atoms with Crippen molar-refractivity contribution in [1.29, 1.82) is 0 Å². The maximum absolute atomic E-state index is 9.33. The van der Waals surface area contributed by atoms with Crippen LogP contribution in [-0.2, 0) is 13.2 Å². The van der Waals surface area contributed by atoms with Crippen LogP contribution in [0.3, 0.4) is 0 Å². The number of hydrogen-bond acceptors (Lipinski definition) is 3. The summed E-state index contributed by atoms with van der Waals surface area (Å²) in [7, 11) is 0. The van der Waals surface area contributed by atoms with Gasteiger partial charge in [0.15, 0.2) is 5.82 Å². The van der Waals surface area contributed by atoms with E-state index in [1.54, 1.807) is 0 Å². The van der Waals surface area contributed by atoms with Crippen molar-refractivity contribution in [2.24, 2.45) is 0 Å². The fourth-order valence-corrected chi connectivity index (χ4v) is 2.95. The monoisotopic (exact) mass is 251 g/mol. The molecule has 0 unspecified atom stereocenters. The third-order valence-electron chi connectivity index (χ3n) is 3.91. The highest BCUT2D eigenvalue weighted by Gasteiger charge is 2.21. The number of nitrogens with zero attached hydrogens (tertiary/aromatic N) is 3. The molecule has 1 aliphatic rings. The van der Waals surface area contributed by atoms with Gasteiger partial charge in [-0.25, -0.2) is 0 Å². The molecule has 1 heterocycles. The molecule has 0 radical (unpaired) electrons. The Bertz CT molecular complexity index is 354. The van der Waals surface area contributed by atoms with E-state index >= 15 is 0 Å². The summed E-state index contributed by atoms with van der Waals surface area (Å²) >= 11 is 0. The maximum atomic E-state index is 9.33. The smallest absolute Gasteiger partial charge is 0.158 e. The molecule has 102 valence electrons. The van der Waals surface area contributed by atoms with Gasteiger partial charge < -0.3 is 9.67 Å². The third-order valence-corrected chi connectivity index (χ3v) is 3.91. The van der Waals surface area contributed by atoms with Gasteiger partial charge in [-0.3, -0.25) is 0 Å². The van der Waals surface area contributed by atoms with E-state index in [0.29, 0.717) is 5.92 Å². The first kappa shape index (κ1) is 13.5. The van der Waals surface area contributed by atoms with Crippen molar-refractivity contribution in [2.75, 3.05) is 0 Å². The largest absolute Gasteiger partial charge is 0.388 e. The Balaban J connectivity index is 2.16. The number of aliphatic hydroxyl groups excluding tert-OH is 1. The summed E-state index contributed by atoms with van der Waals surface area (Å²) in [5.74, 6) is 2.39. The van der Waals surface area contributed by atoms with Gasteiger partial charge in [-0.15, -0.1) is 10.2 Å². The lowest BCUT2D eigenvalue weighted by atomic mass is 9.90. The van der Waals surface area contributed by atoms with Crippen LogP contribution in [0.15, 0.2) is 0 Å². The Kier molecular flexibility index (Phi) is 5.17. The van der Waals surface area contributed by atoms with E-state index in [1.165, 1.54) is 44.9 Å². The van der Waals surface area contributed by atoms with Crippen LogP contribution in [0.5, 0.6) is 0 Å². The van der Waals surface area contributed by atoms with Crippen molar-refractivity contribution in [3.05, 3.63) is 11.6 Å². The molecule has 1 aromatic rings. The fraction of sp³-hybridized carbons (Fsp3) is 0.857. The zero-order valence-electron chi connectivity index (χ0n) is 11.4. The second kappa shape index (κ2) is 6.88. The van der Waals surface area contributed by atoms with Crippen molar-refractivity contribution in [3.63, 3.8) is 0 Å². The Labute approximate surface area is 109 Å². The predicted octanol–water partition coefficient (Wildman–Crippen LogP) is 3.01. The van der Waals surface area contributed by atoms with Crippen LogP contribution in [0.2, 0.25) is 0 Å². The van der Waals surface area contributed by atoms with Crippen LogP contribution < -0.4 is 0 Å². The lowest BCUT2D eigenvalue weighted by Gasteiger charge is -2.20. The minimum absolute atomic E-state index is 0.000278. The van der Waals surface area contributed by atoms with Gasteiger partial charge >= 0.3 is 0 Å². The highest BCUT2D eigenvalue weighted by molar-refractivity contribution is 5.02. The second-order valence-corrected chi connectivity index (χ2v) is 5.33. The van der Waals surface area contributed by atoms with Crippen molar-refractivity contribution in [2.45, 2.75) is 77.4 Å². The van der Waals surface area contributed by atoms with Crippen molar-refractivity contribution in [1.82, 2.24) is 14.8 Å². The normalized spacial score (nSPS) is 18.6. The molecule has 0 saturated heterocycles. The van der Waals surface area contributed by atoms with Crippen LogP contribution in [0.4, 0.5) is 0 Å². The maximum Gasteiger partial charge on any atom is 0.158 e. The minimum Gasteiger partial charge on any atom is -0.388 e. The van der Waals surface area contributed by atoms with Gasteiger partial charge in [0.25, 0.3) is 0 Å². The van der Waals surface area contributed by atoms with E-state index in [4.69, 9.17) is 0 Å². The highest BCUT2D eigenvalue weighted by Crippen LogP contribution is 2.30. The molecule has 1 fully saturated rings. The molecule has 0 bridgehead atoms. The zero-order chi connectivity index (χ0) is 12.8. The summed E-state index contributed by atoms with van der Waals surface area (Å²) < 4.78 is 2.15. The average Bonchev–Trinajstić information content (AvgIpc) is 2.72. The van der Waals surface area contributed by atoms with Gasteiger partial charge in [0.1, 0.15) is 12.4 Å². The quantitative estimate of drug-likeness (QED) is 0.895. The summed E-state index contributed by atoms with van der Waals surface area (Å²) in [6, 6.07) is 0. The van der Waals surface area contributed by atoms with Crippen LogP contribution in [-0.4, -0.2) is 19.9 Å². The van der Waals surface area contributed by atoms with Gasteiger partial charge in [0.2, 0.25) is 0 Å². The van der Waals surface area contributed by atoms with E-state index < -0.39 is 0 Å². The van der Waals surface area contributed by atoms with E-state index in [2.05, 4.69) is 21.7 Å². The number of aliphatic hydroxyl groups is 1. The molecular formula is C14H25N3O. The molecule has 2 rings (SSSR count). The lowest BCUT2D eigenvalue weighted by molar-refractivity contribution is 0.263. The Morgan fingerprint density at radius 1 is 1.11 bits per heavy atom. The van der Waals surface area contributed by atoms with Crippen molar-refractivity contribution in [3.8, 4) is 0 Å². The SMILES string of the molecule is CCCn1c(CO)nnc1C1CCCCCCC1. The van der Waals surface area contributed by atoms with Crippen LogP contribution in [0, 0.1) is 0 Å². The standard InChI is InChI=1S/C14H25N3O/c1-2-10-17-13(11-18)15-16-14(17)12-8-6-4-3-5-7-9-12/h12,18H,2-11H2,1H3. The number of aromatic nitrogens is 3. The molecule has 4 nitrogen and oxygen atoms in total. The molecule has 0 amide bonds. The fourth-order valence-electron chi connectivity index (χ4n) is 2.95. The van der Waals surface area contributed by atoms with Crippen LogP contribution in [0.25, 0.3) is 0 Å². The first-order valence-electron chi connectivity index (χ1n) is 7.39. The third kappa shape index (κ3) is 3.10. The Hall–Kier alpha value is -0.900. The van der Waals surface area contributed by atoms with Gasteiger partial charge in [0.05, 0.1) is 0 Å². The molecule has 0 aromatic carbocycles. The van der Waals surface area contributed by atoms with Crippen molar-refractivity contribution < 1.29 is 5.11 Å². The van der Waals surface area contributed by atoms with E-state index in [0.717, 1.165) is 24.6 Å². The summed E-state index contributed by atoms with van der Waals surface area (Å²) in [4.78, 5) is 0. The van der Waals surface area contributed by atoms with Crippen LogP contribution in [0.1, 0.15) is 75.9 Å². The van der Waals surface area contributed by atoms with Gasteiger partial charge in [0, 0.05) is 12.5 Å². The zero-order valence-corrected chi connectivity index (χ0v) is 11.4. The topological polar surface area (TPSA) is 50.9 Å². The molecule has 0 spiro atoms. The summed E-state index contributed by atoms with van der Waals surface area (Å²) in [6.07, 6.45) is 10.2. The molecule has 1 aliphatic carbocycles. The van der Waals surface area contributed by atoms with Crippen molar-refractivity contribution >= 4 is 0 Å². The molecule has 4 heteroatoms. The van der Waals surface area contributed by atoms with E-state index in [9.17, 15) is 5.11 Å². The molecule has 1 N–H and O–H groups in total. The molecule has 1 aromatic heterocycles. The Morgan fingerprint density at radius 3 is 2.39 bits per heavy atom. The first-order valence-corrected chi connectivity index (χ1v) is 7.39. The lowest BCUT2D eigenvalue weighted by Crippen LogP contribution is -2.13. The predicted molar refractivity (Wildman–Crippen MR) is 71.3 cm³/mol. The average molecular weight is 251 g/mol. The summed E-state index contributed by atoms with van der Waals surface area (Å²) in [5.41, 5.74) is 0.